The zero-order chi connectivity index (χ0) is 13.6. The molecule has 0 spiro atoms. The predicted molar refractivity (Wildman–Crippen MR) is 65.3 cm³/mol. The van der Waals surface area contributed by atoms with Crippen molar-refractivity contribution in [2.45, 2.75) is 27.7 Å². The molecule has 0 N–H and O–H groups in total. The highest BCUT2D eigenvalue weighted by Gasteiger charge is 2.33. The topological polar surface area (TPSA) is 52.6 Å². The van der Waals surface area contributed by atoms with E-state index < -0.39 is 17.9 Å². The predicted octanol–water partition coefficient (Wildman–Crippen LogP) is 2.19. The van der Waals surface area contributed by atoms with Crippen molar-refractivity contribution >= 4 is 11.9 Å². The van der Waals surface area contributed by atoms with Crippen LogP contribution in [0.3, 0.4) is 0 Å². The third kappa shape index (κ3) is 5.52. The molecule has 0 rings (SSSR count). The normalized spacial score (nSPS) is 13.8. The first-order valence-corrected chi connectivity index (χ1v) is 5.58. The molecule has 0 bridgehead atoms. The van der Waals surface area contributed by atoms with Gasteiger partial charge in [0.15, 0.2) is 5.92 Å². The molecular formula is C13H22O4. The molecule has 0 amide bonds. The molecule has 0 fully saturated rings. The fourth-order valence-electron chi connectivity index (χ4n) is 1.33. The lowest BCUT2D eigenvalue weighted by Crippen LogP contribution is -2.31. The highest BCUT2D eigenvalue weighted by molar-refractivity contribution is 5.95. The van der Waals surface area contributed by atoms with Gasteiger partial charge in [-0.1, -0.05) is 39.8 Å². The maximum absolute atomic E-state index is 11.5. The second kappa shape index (κ2) is 6.42. The molecule has 0 saturated carbocycles. The Kier molecular flexibility index (Phi) is 5.93. The van der Waals surface area contributed by atoms with Crippen LogP contribution in [0.25, 0.3) is 0 Å². The van der Waals surface area contributed by atoms with Gasteiger partial charge in [0.1, 0.15) is 0 Å². The van der Waals surface area contributed by atoms with Gasteiger partial charge in [-0.05, 0) is 11.3 Å². The van der Waals surface area contributed by atoms with E-state index in [1.54, 1.807) is 6.92 Å². The highest BCUT2D eigenvalue weighted by atomic mass is 16.5. The van der Waals surface area contributed by atoms with Crippen LogP contribution in [0.15, 0.2) is 12.2 Å². The van der Waals surface area contributed by atoms with Crippen molar-refractivity contribution in [2.75, 3.05) is 14.2 Å². The highest BCUT2D eigenvalue weighted by Crippen LogP contribution is 2.21. The minimum Gasteiger partial charge on any atom is -0.468 e. The first-order chi connectivity index (χ1) is 7.72. The molecule has 17 heavy (non-hydrogen) atoms. The van der Waals surface area contributed by atoms with Crippen molar-refractivity contribution in [3.8, 4) is 0 Å². The van der Waals surface area contributed by atoms with Gasteiger partial charge in [-0.2, -0.15) is 0 Å². The van der Waals surface area contributed by atoms with Crippen LogP contribution in [-0.2, 0) is 19.1 Å². The van der Waals surface area contributed by atoms with E-state index in [2.05, 4.69) is 9.47 Å². The first kappa shape index (κ1) is 15.7. The van der Waals surface area contributed by atoms with Crippen molar-refractivity contribution in [2.24, 2.45) is 17.3 Å². The van der Waals surface area contributed by atoms with Crippen LogP contribution in [0.1, 0.15) is 27.7 Å². The first-order valence-electron chi connectivity index (χ1n) is 5.58. The largest absolute Gasteiger partial charge is 0.468 e. The Morgan fingerprint density at radius 3 is 1.76 bits per heavy atom. The van der Waals surface area contributed by atoms with E-state index in [0.717, 1.165) is 0 Å². The Hall–Kier alpha value is -1.32. The third-order valence-electron chi connectivity index (χ3n) is 2.34. The van der Waals surface area contributed by atoms with Gasteiger partial charge in [0.05, 0.1) is 14.2 Å². The van der Waals surface area contributed by atoms with Gasteiger partial charge in [-0.25, -0.2) is 0 Å². The minimum atomic E-state index is -0.899. The van der Waals surface area contributed by atoms with E-state index in [1.807, 2.05) is 32.9 Å². The summed E-state index contributed by atoms with van der Waals surface area (Å²) < 4.78 is 9.23. The molecular weight excluding hydrogens is 220 g/mol. The lowest BCUT2D eigenvalue weighted by Gasteiger charge is -2.18. The van der Waals surface area contributed by atoms with Gasteiger partial charge >= 0.3 is 11.9 Å². The Labute approximate surface area is 103 Å². The summed E-state index contributed by atoms with van der Waals surface area (Å²) in [5, 5.41) is 0. The maximum atomic E-state index is 11.5. The van der Waals surface area contributed by atoms with Crippen LogP contribution in [0.5, 0.6) is 0 Å². The SMILES string of the molecule is COC(=O)C(C(=O)OC)C(C)/C=C/C(C)(C)C. The van der Waals surface area contributed by atoms with E-state index in [9.17, 15) is 9.59 Å². The van der Waals surface area contributed by atoms with Crippen LogP contribution in [0.2, 0.25) is 0 Å². The molecule has 0 aromatic rings. The fourth-order valence-corrected chi connectivity index (χ4v) is 1.33. The summed E-state index contributed by atoms with van der Waals surface area (Å²) in [6.07, 6.45) is 3.81. The molecule has 0 radical (unpaired) electrons. The molecule has 0 aromatic heterocycles. The van der Waals surface area contributed by atoms with Gasteiger partial charge in [-0.3, -0.25) is 9.59 Å². The Morgan fingerprint density at radius 1 is 1.06 bits per heavy atom. The van der Waals surface area contributed by atoms with Crippen molar-refractivity contribution in [3.63, 3.8) is 0 Å². The number of carbonyl (C=O) groups is 2. The van der Waals surface area contributed by atoms with Crippen LogP contribution in [0.4, 0.5) is 0 Å². The van der Waals surface area contributed by atoms with E-state index in [4.69, 9.17) is 0 Å². The second-order valence-corrected chi connectivity index (χ2v) is 5.11. The average Bonchev–Trinajstić information content (AvgIpc) is 2.25. The lowest BCUT2D eigenvalue weighted by atomic mass is 9.89. The van der Waals surface area contributed by atoms with E-state index in [-0.39, 0.29) is 11.3 Å². The van der Waals surface area contributed by atoms with Crippen LogP contribution >= 0.6 is 0 Å². The molecule has 0 aliphatic rings. The zero-order valence-electron chi connectivity index (χ0n) is 11.4. The van der Waals surface area contributed by atoms with E-state index in [1.165, 1.54) is 14.2 Å². The lowest BCUT2D eigenvalue weighted by molar-refractivity contribution is -0.160. The van der Waals surface area contributed by atoms with Gasteiger partial charge in [0, 0.05) is 0 Å². The summed E-state index contributed by atoms with van der Waals surface area (Å²) in [5.41, 5.74) is 0.00501. The molecule has 0 saturated heterocycles. The van der Waals surface area contributed by atoms with E-state index >= 15 is 0 Å². The molecule has 1 atom stereocenters. The molecule has 1 unspecified atom stereocenters. The minimum absolute atomic E-state index is 0.00501. The molecule has 0 aliphatic heterocycles. The number of esters is 2. The van der Waals surface area contributed by atoms with Crippen molar-refractivity contribution in [1.29, 1.82) is 0 Å². The summed E-state index contributed by atoms with van der Waals surface area (Å²) >= 11 is 0. The number of allylic oxidation sites excluding steroid dienone is 2. The Bertz CT molecular complexity index is 283. The quantitative estimate of drug-likeness (QED) is 0.431. The number of ether oxygens (including phenoxy) is 2. The van der Waals surface area contributed by atoms with Gasteiger partial charge in [0.2, 0.25) is 0 Å². The Balaban J connectivity index is 4.88. The molecule has 0 heterocycles. The number of carbonyl (C=O) groups excluding carboxylic acids is 2. The van der Waals surface area contributed by atoms with Gasteiger partial charge in [-0.15, -0.1) is 0 Å². The number of hydrogen-bond donors (Lipinski definition) is 0. The molecule has 0 aromatic carbocycles. The van der Waals surface area contributed by atoms with Crippen molar-refractivity contribution in [1.82, 2.24) is 0 Å². The zero-order valence-corrected chi connectivity index (χ0v) is 11.4. The summed E-state index contributed by atoms with van der Waals surface area (Å²) in [4.78, 5) is 23.0. The second-order valence-electron chi connectivity index (χ2n) is 5.11. The third-order valence-corrected chi connectivity index (χ3v) is 2.34. The molecule has 4 heteroatoms. The summed E-state index contributed by atoms with van der Waals surface area (Å²) in [6, 6.07) is 0. The van der Waals surface area contributed by atoms with E-state index in [0.29, 0.717) is 0 Å². The van der Waals surface area contributed by atoms with Crippen LogP contribution in [0, 0.1) is 17.3 Å². The summed E-state index contributed by atoms with van der Waals surface area (Å²) in [7, 11) is 2.52. The number of rotatable bonds is 4. The fraction of sp³-hybridized carbons (Fsp3) is 0.692. The molecule has 0 aliphatic carbocycles. The number of methoxy groups -OCH3 is 2. The van der Waals surface area contributed by atoms with Crippen LogP contribution < -0.4 is 0 Å². The maximum Gasteiger partial charge on any atom is 0.320 e. The average molecular weight is 242 g/mol. The summed E-state index contributed by atoms with van der Waals surface area (Å²) in [5.74, 6) is -2.29. The summed E-state index contributed by atoms with van der Waals surface area (Å²) in [6.45, 7) is 7.92. The van der Waals surface area contributed by atoms with Crippen molar-refractivity contribution in [3.05, 3.63) is 12.2 Å². The molecule has 4 nitrogen and oxygen atoms in total. The van der Waals surface area contributed by atoms with Crippen LogP contribution in [-0.4, -0.2) is 26.2 Å². The Morgan fingerprint density at radius 2 is 1.47 bits per heavy atom. The number of hydrogen-bond acceptors (Lipinski definition) is 4. The monoisotopic (exact) mass is 242 g/mol. The standard InChI is InChI=1S/C13H22O4/c1-9(7-8-13(2,3)4)10(11(14)16-5)12(15)17-6/h7-10H,1-6H3/b8-7+. The molecule has 98 valence electrons. The van der Waals surface area contributed by atoms with Gasteiger partial charge in [0.25, 0.3) is 0 Å². The van der Waals surface area contributed by atoms with Gasteiger partial charge < -0.3 is 9.47 Å². The van der Waals surface area contributed by atoms with Crippen molar-refractivity contribution < 1.29 is 19.1 Å². The smallest absolute Gasteiger partial charge is 0.320 e.